The van der Waals surface area contributed by atoms with Crippen LogP contribution in [0.1, 0.15) is 0 Å². The van der Waals surface area contributed by atoms with E-state index in [0.717, 1.165) is 0 Å². The second kappa shape index (κ2) is 21.7. The summed E-state index contributed by atoms with van der Waals surface area (Å²) in [5.74, 6) is 0. The van der Waals surface area contributed by atoms with Gasteiger partial charge in [0.05, 0.1) is 64.6 Å². The van der Waals surface area contributed by atoms with Gasteiger partial charge in [0, 0.05) is 0 Å². The topological polar surface area (TPSA) is 0 Å². The molecule has 368 valence electrons. The first-order valence-electron chi connectivity index (χ1n) is 24.4. The third-order valence-corrected chi connectivity index (χ3v) is 34.2. The summed E-state index contributed by atoms with van der Waals surface area (Å²) < 4.78 is 0. The average Bonchev–Trinajstić information content (AvgIpc) is 3.16. The molecule has 0 radical (unpaired) electrons. The van der Waals surface area contributed by atoms with Crippen LogP contribution in [0.3, 0.4) is 0 Å². The molecule has 0 unspecified atom stereocenters. The van der Waals surface area contributed by atoms with Gasteiger partial charge in [0.15, 0.2) is 0 Å². The Morgan fingerprint density at radius 1 is 0.269 bits per heavy atom. The molecule has 0 aromatic heterocycles. The van der Waals surface area contributed by atoms with E-state index < -0.39 is 80.4 Å². The van der Waals surface area contributed by atoms with Gasteiger partial charge in [-0.3, -0.25) is 0 Å². The standard InChI is InChI=1S/C54H88P2Si8.2ClH.Fe/c1-57(2,3)45-29-41(30-46(37-45)58(4,5)6)55(42-31-47(59(7,8)9)38-48(32-42)60(10,11)12)53-27-25-26-28-54(53)56(43-33-49(61(13,14)15)39-50(34-43)62(16,17)18)44-35-51(63(19,20)21)40-52(36-44)64(22,23)24;;;/h25-40H,1-24H3;2*1H;/q;;;+2/p-2. The molecule has 0 saturated carbocycles. The number of benzene rings is 5. The van der Waals surface area contributed by atoms with Gasteiger partial charge in [-0.1, -0.05) is 296 Å². The van der Waals surface area contributed by atoms with Gasteiger partial charge in [-0.05, 0) is 47.7 Å². The van der Waals surface area contributed by atoms with E-state index in [1.165, 1.54) is 0 Å². The summed E-state index contributed by atoms with van der Waals surface area (Å²) in [7, 11) is -5.71. The summed E-state index contributed by atoms with van der Waals surface area (Å²) in [6, 6.07) is 42.4. The normalized spacial score (nSPS) is 13.6. The first kappa shape index (κ1) is 59.4. The van der Waals surface area contributed by atoms with E-state index >= 15 is 0 Å². The van der Waals surface area contributed by atoms with Crippen LogP contribution in [0, 0.1) is 0 Å². The van der Waals surface area contributed by atoms with Crippen molar-refractivity contribution in [1.29, 1.82) is 0 Å². The third kappa shape index (κ3) is 15.7. The van der Waals surface area contributed by atoms with Crippen molar-refractivity contribution in [3.63, 3.8) is 0 Å². The minimum atomic E-state index is -1.68. The molecule has 5 aromatic rings. The van der Waals surface area contributed by atoms with Gasteiger partial charge in [0.25, 0.3) is 0 Å². The van der Waals surface area contributed by atoms with Gasteiger partial charge in [0.1, 0.15) is 0 Å². The maximum absolute atomic E-state index is 4.76. The predicted molar refractivity (Wildman–Crippen MR) is 339 cm³/mol. The quantitative estimate of drug-likeness (QED) is 0.0768. The van der Waals surface area contributed by atoms with E-state index in [0.29, 0.717) is 0 Å². The molecule has 0 aliphatic heterocycles. The summed E-state index contributed by atoms with van der Waals surface area (Å²) in [5.41, 5.74) is 0. The molecule has 0 saturated heterocycles. The molecule has 67 heavy (non-hydrogen) atoms. The Morgan fingerprint density at radius 2 is 0.403 bits per heavy atom. The monoisotopic (exact) mass is 1150 g/mol. The zero-order chi connectivity index (χ0) is 51.3. The van der Waals surface area contributed by atoms with Gasteiger partial charge in [-0.15, -0.1) is 0 Å². The first-order valence-corrected chi connectivity index (χ1v) is 58.1. The molecule has 0 nitrogen and oxygen atoms in total. The zero-order valence-corrected chi connectivity index (χ0v) is 58.6. The molecule has 0 aliphatic rings. The van der Waals surface area contributed by atoms with Crippen LogP contribution in [0.5, 0.6) is 0 Å². The van der Waals surface area contributed by atoms with Gasteiger partial charge in [0.2, 0.25) is 0 Å². The first-order chi connectivity index (χ1) is 30.2. The third-order valence-electron chi connectivity index (χ3n) is 13.0. The molecule has 5 rings (SSSR count). The van der Waals surface area contributed by atoms with Gasteiger partial charge in [-0.2, -0.15) is 0 Å². The van der Waals surface area contributed by atoms with Crippen molar-refractivity contribution in [3.8, 4) is 0 Å². The number of hydrogen-bond donors (Lipinski definition) is 0. The summed E-state index contributed by atoms with van der Waals surface area (Å²) >= 11 is 0.194. The van der Waals surface area contributed by atoms with Crippen molar-refractivity contribution in [2.45, 2.75) is 157 Å². The fourth-order valence-electron chi connectivity index (χ4n) is 8.12. The van der Waals surface area contributed by atoms with Crippen molar-refractivity contribution >= 4 is 174 Å². The molecule has 0 aliphatic carbocycles. The molecule has 13 heteroatoms. The van der Waals surface area contributed by atoms with Gasteiger partial charge in [-0.25, -0.2) is 0 Å². The molecule has 0 spiro atoms. The van der Waals surface area contributed by atoms with Crippen molar-refractivity contribution in [2.75, 3.05) is 0 Å². The Balaban J connectivity index is 0.00000318. The number of rotatable bonds is 14. The van der Waals surface area contributed by atoms with Crippen LogP contribution in [0.25, 0.3) is 0 Å². The molecule has 0 heterocycles. The van der Waals surface area contributed by atoms with Crippen molar-refractivity contribution in [2.24, 2.45) is 0 Å². The van der Waals surface area contributed by atoms with Crippen molar-refractivity contribution in [1.82, 2.24) is 0 Å². The van der Waals surface area contributed by atoms with Crippen LogP contribution in [-0.2, 0) is 13.1 Å². The van der Waals surface area contributed by atoms with E-state index in [2.05, 4.69) is 254 Å². The summed E-state index contributed by atoms with van der Waals surface area (Å²) in [5, 5.41) is 22.4. The van der Waals surface area contributed by atoms with Crippen LogP contribution in [0.2, 0.25) is 157 Å². The molecular weight excluding hydrogens is 1060 g/mol. The Morgan fingerprint density at radius 3 is 0.522 bits per heavy atom. The van der Waals surface area contributed by atoms with E-state index in [9.17, 15) is 0 Å². The summed E-state index contributed by atoms with van der Waals surface area (Å²) in [6.07, 6.45) is 0. The molecule has 0 fully saturated rings. The fraction of sp³-hybridized carbons (Fsp3) is 0.444. The Hall–Kier alpha value is -0.205. The number of hydrogen-bond acceptors (Lipinski definition) is 0. The van der Waals surface area contributed by atoms with Crippen LogP contribution in [-0.4, -0.2) is 64.6 Å². The van der Waals surface area contributed by atoms with E-state index in [4.69, 9.17) is 20.2 Å². The van der Waals surface area contributed by atoms with Gasteiger partial charge >= 0.3 is 33.3 Å². The van der Waals surface area contributed by atoms with Crippen LogP contribution in [0.4, 0.5) is 0 Å². The van der Waals surface area contributed by atoms with E-state index in [-0.39, 0.29) is 13.1 Å². The molecule has 0 N–H and O–H groups in total. The molecule has 0 bridgehead atoms. The Kier molecular flexibility index (Phi) is 19.2. The zero-order valence-electron chi connectivity index (χ0n) is 46.2. The van der Waals surface area contributed by atoms with Crippen LogP contribution >= 0.6 is 36.0 Å². The minimum absolute atomic E-state index is 0.194. The fourth-order valence-corrected chi connectivity index (χ4v) is 24.6. The molecular formula is C54H88Cl2FeP2Si8. The van der Waals surface area contributed by atoms with E-state index in [1.807, 2.05) is 0 Å². The Labute approximate surface area is 437 Å². The second-order valence-electron chi connectivity index (χ2n) is 27.3. The van der Waals surface area contributed by atoms with Crippen molar-refractivity contribution in [3.05, 3.63) is 97.1 Å². The molecule has 0 amide bonds. The predicted octanol–water partition coefficient (Wildman–Crippen LogP) is 10.9. The van der Waals surface area contributed by atoms with Crippen LogP contribution in [0.15, 0.2) is 97.1 Å². The van der Waals surface area contributed by atoms with Crippen LogP contribution < -0.4 is 73.3 Å². The Bertz CT molecular complexity index is 2070. The van der Waals surface area contributed by atoms with E-state index in [1.54, 1.807) is 73.3 Å². The average molecular weight is 1150 g/mol. The van der Waals surface area contributed by atoms with Crippen molar-refractivity contribution < 1.29 is 13.1 Å². The molecule has 0 atom stereocenters. The van der Waals surface area contributed by atoms with Gasteiger partial charge < -0.3 is 0 Å². The summed E-state index contributed by atoms with van der Waals surface area (Å²) in [4.78, 5) is 0. The summed E-state index contributed by atoms with van der Waals surface area (Å²) in [6.45, 7) is 61.5. The maximum atomic E-state index is 4.76. The SMILES string of the molecule is C[Si](C)(C)c1cc(P(c2cc([Si](C)(C)C)cc([Si](C)(C)C)c2)c2ccccc2P(c2cc([Si](C)(C)C)cc([Si](C)(C)C)c2)c2cc([Si](C)(C)C)cc([Si](C)(C)C)c2)cc([Si](C)(C)C)c1.[Cl][Fe][Cl]. The number of halogens is 2. The molecule has 5 aromatic carbocycles. The second-order valence-corrected chi connectivity index (χ2v) is 74.1.